The molecule has 2 aliphatic rings. The van der Waals surface area contributed by atoms with Gasteiger partial charge in [-0.25, -0.2) is 18.3 Å². The molecule has 9 heteroatoms. The van der Waals surface area contributed by atoms with Crippen LogP contribution in [0.1, 0.15) is 42.9 Å². The van der Waals surface area contributed by atoms with E-state index in [0.717, 1.165) is 53.5 Å². The molecule has 4 aromatic rings. The number of hydrogen-bond acceptors (Lipinski definition) is 4. The van der Waals surface area contributed by atoms with Crippen molar-refractivity contribution in [3.63, 3.8) is 0 Å². The molecule has 2 fully saturated rings. The monoisotopic (exact) mass is 516 g/mol. The number of likely N-dealkylation sites (tertiary alicyclic amines) is 1. The van der Waals surface area contributed by atoms with Crippen LogP contribution in [0, 0.1) is 0 Å². The van der Waals surface area contributed by atoms with Crippen LogP contribution in [0.5, 0.6) is 0 Å². The van der Waals surface area contributed by atoms with Gasteiger partial charge in [0, 0.05) is 42.0 Å². The Labute approximate surface area is 219 Å². The number of carbonyl (C=O) groups is 1. The first-order valence-electron chi connectivity index (χ1n) is 13.1. The molecule has 2 aromatic carbocycles. The molecule has 3 heterocycles. The van der Waals surface area contributed by atoms with Crippen molar-refractivity contribution < 1.29 is 13.6 Å². The van der Waals surface area contributed by atoms with Gasteiger partial charge in [-0.2, -0.15) is 5.10 Å². The summed E-state index contributed by atoms with van der Waals surface area (Å²) < 4.78 is 28.6. The van der Waals surface area contributed by atoms with E-state index in [-0.39, 0.29) is 25.2 Å². The number of rotatable bonds is 6. The van der Waals surface area contributed by atoms with Gasteiger partial charge in [-0.15, -0.1) is 0 Å². The number of aromatic nitrogens is 3. The summed E-state index contributed by atoms with van der Waals surface area (Å²) in [6.45, 7) is 0.194. The van der Waals surface area contributed by atoms with Crippen LogP contribution < -0.4 is 10.6 Å². The number of carbonyl (C=O) groups excluding carboxylic acids is 1. The highest BCUT2D eigenvalue weighted by molar-refractivity contribution is 5.89. The molecule has 0 unspecified atom stereocenters. The van der Waals surface area contributed by atoms with Crippen LogP contribution in [-0.4, -0.2) is 50.7 Å². The molecule has 2 amide bonds. The van der Waals surface area contributed by atoms with E-state index in [2.05, 4.69) is 27.8 Å². The lowest BCUT2D eigenvalue weighted by atomic mass is 9.81. The minimum atomic E-state index is -2.51. The molecule has 0 atom stereocenters. The molecule has 7 nitrogen and oxygen atoms in total. The van der Waals surface area contributed by atoms with Gasteiger partial charge in [-0.1, -0.05) is 24.3 Å². The molecule has 1 saturated heterocycles. The van der Waals surface area contributed by atoms with Gasteiger partial charge in [0.25, 0.3) is 5.92 Å². The highest BCUT2D eigenvalue weighted by Gasteiger charge is 2.47. The second-order valence-corrected chi connectivity index (χ2v) is 10.3. The number of para-hydroxylation sites is 1. The number of halogens is 2. The topological polar surface area (TPSA) is 75.1 Å². The summed E-state index contributed by atoms with van der Waals surface area (Å²) in [4.78, 5) is 18.3. The van der Waals surface area contributed by atoms with Gasteiger partial charge in [0.05, 0.1) is 30.0 Å². The maximum atomic E-state index is 13.3. The molecule has 1 saturated carbocycles. The SMILES string of the molecule is O=C(NCc1cccnc1)Nc1ccc(-n2nc(C3CCC(N4CC(F)(F)C4)CC3)c3ccccc32)cc1. The van der Waals surface area contributed by atoms with E-state index in [1.54, 1.807) is 12.4 Å². The number of nitrogens with zero attached hydrogens (tertiary/aromatic N) is 4. The van der Waals surface area contributed by atoms with Gasteiger partial charge in [0.2, 0.25) is 0 Å². The Bertz CT molecular complexity index is 1410. The van der Waals surface area contributed by atoms with E-state index in [1.165, 1.54) is 0 Å². The average Bonchev–Trinajstić information content (AvgIpc) is 3.31. The fourth-order valence-electron chi connectivity index (χ4n) is 5.66. The summed E-state index contributed by atoms with van der Waals surface area (Å²) in [5, 5.41) is 11.9. The minimum Gasteiger partial charge on any atom is -0.334 e. The quantitative estimate of drug-likeness (QED) is 0.344. The minimum absolute atomic E-state index is 0.100. The van der Waals surface area contributed by atoms with E-state index in [0.29, 0.717) is 18.2 Å². The predicted molar refractivity (Wildman–Crippen MR) is 143 cm³/mol. The van der Waals surface area contributed by atoms with Crippen LogP contribution >= 0.6 is 0 Å². The van der Waals surface area contributed by atoms with Crippen LogP contribution in [0.4, 0.5) is 19.3 Å². The first kappa shape index (κ1) is 24.5. The Morgan fingerprint density at radius 1 is 0.974 bits per heavy atom. The number of benzene rings is 2. The Kier molecular flexibility index (Phi) is 6.53. The van der Waals surface area contributed by atoms with E-state index in [9.17, 15) is 13.6 Å². The van der Waals surface area contributed by atoms with E-state index in [1.807, 2.05) is 58.1 Å². The zero-order valence-electron chi connectivity index (χ0n) is 21.0. The third-order valence-corrected chi connectivity index (χ3v) is 7.63. The maximum absolute atomic E-state index is 13.3. The van der Waals surface area contributed by atoms with Gasteiger partial charge in [-0.05, 0) is 67.6 Å². The van der Waals surface area contributed by atoms with Gasteiger partial charge < -0.3 is 10.6 Å². The molecule has 196 valence electrons. The average molecular weight is 517 g/mol. The zero-order chi connectivity index (χ0) is 26.1. The van der Waals surface area contributed by atoms with Crippen molar-refractivity contribution in [1.82, 2.24) is 25.0 Å². The maximum Gasteiger partial charge on any atom is 0.319 e. The fourth-order valence-corrected chi connectivity index (χ4v) is 5.66. The second-order valence-electron chi connectivity index (χ2n) is 10.3. The van der Waals surface area contributed by atoms with Crippen molar-refractivity contribution in [3.8, 4) is 5.69 Å². The fraction of sp³-hybridized carbons (Fsp3) is 0.345. The van der Waals surface area contributed by atoms with Gasteiger partial charge >= 0.3 is 6.03 Å². The van der Waals surface area contributed by atoms with E-state index in [4.69, 9.17) is 5.10 Å². The highest BCUT2D eigenvalue weighted by atomic mass is 19.3. The zero-order valence-corrected chi connectivity index (χ0v) is 21.0. The van der Waals surface area contributed by atoms with Gasteiger partial charge in [-0.3, -0.25) is 9.88 Å². The van der Waals surface area contributed by atoms with Crippen molar-refractivity contribution in [1.29, 1.82) is 0 Å². The molecular weight excluding hydrogens is 486 g/mol. The van der Waals surface area contributed by atoms with Crippen LogP contribution in [0.25, 0.3) is 16.6 Å². The molecular formula is C29H30F2N6O. The van der Waals surface area contributed by atoms with Crippen LogP contribution in [0.2, 0.25) is 0 Å². The largest absolute Gasteiger partial charge is 0.334 e. The number of anilines is 1. The summed E-state index contributed by atoms with van der Waals surface area (Å²) in [6.07, 6.45) is 7.16. The molecule has 38 heavy (non-hydrogen) atoms. The number of amides is 2. The smallest absolute Gasteiger partial charge is 0.319 e. The van der Waals surface area contributed by atoms with Gasteiger partial charge in [0.15, 0.2) is 0 Å². The normalized spacial score (nSPS) is 21.1. The number of hydrogen-bond donors (Lipinski definition) is 2. The molecule has 0 bridgehead atoms. The summed E-state index contributed by atoms with van der Waals surface area (Å²) >= 11 is 0. The molecule has 6 rings (SSSR count). The second kappa shape index (κ2) is 10.1. The molecule has 1 aliphatic heterocycles. The third-order valence-electron chi connectivity index (χ3n) is 7.63. The summed E-state index contributed by atoms with van der Waals surface area (Å²) in [5.74, 6) is -2.20. The standard InChI is InChI=1S/C29H30F2N6O/c30-29(31)18-36(19-29)23-11-7-21(8-12-23)27-25-5-1-2-6-26(25)37(35-27)24-13-9-22(10-14-24)34-28(38)33-17-20-4-3-15-32-16-20/h1-6,9-10,13-16,21,23H,7-8,11-12,17-19H2,(H2,33,34,38). The lowest BCUT2D eigenvalue weighted by molar-refractivity contribution is -0.150. The summed E-state index contributed by atoms with van der Waals surface area (Å²) in [5.41, 5.74) is 4.62. The number of pyridine rings is 1. The molecule has 2 N–H and O–H groups in total. The highest BCUT2D eigenvalue weighted by Crippen LogP contribution is 2.40. The molecule has 0 radical (unpaired) electrons. The van der Waals surface area contributed by atoms with Crippen LogP contribution in [-0.2, 0) is 6.54 Å². The molecule has 2 aromatic heterocycles. The first-order valence-corrected chi connectivity index (χ1v) is 13.1. The Morgan fingerprint density at radius 2 is 1.74 bits per heavy atom. The van der Waals surface area contributed by atoms with Crippen molar-refractivity contribution in [2.24, 2.45) is 0 Å². The lowest BCUT2D eigenvalue weighted by Gasteiger charge is -2.46. The van der Waals surface area contributed by atoms with Gasteiger partial charge in [0.1, 0.15) is 0 Å². The Morgan fingerprint density at radius 3 is 2.45 bits per heavy atom. The Hall–Kier alpha value is -3.85. The van der Waals surface area contributed by atoms with Crippen molar-refractivity contribution in [2.45, 2.75) is 50.1 Å². The van der Waals surface area contributed by atoms with E-state index < -0.39 is 5.92 Å². The van der Waals surface area contributed by atoms with Crippen molar-refractivity contribution in [3.05, 3.63) is 84.3 Å². The number of alkyl halides is 2. The van der Waals surface area contributed by atoms with Crippen LogP contribution in [0.3, 0.4) is 0 Å². The third kappa shape index (κ3) is 5.11. The number of nitrogens with one attached hydrogen (secondary N) is 2. The summed E-state index contributed by atoms with van der Waals surface area (Å²) in [6, 6.07) is 19.5. The Balaban J connectivity index is 1.13. The van der Waals surface area contributed by atoms with Crippen molar-refractivity contribution >= 4 is 22.6 Å². The number of urea groups is 1. The molecule has 1 aliphatic carbocycles. The predicted octanol–water partition coefficient (Wildman–Crippen LogP) is 5.72. The molecule has 0 spiro atoms. The summed E-state index contributed by atoms with van der Waals surface area (Å²) in [7, 11) is 0. The van der Waals surface area contributed by atoms with Crippen molar-refractivity contribution in [2.75, 3.05) is 18.4 Å². The lowest BCUT2D eigenvalue weighted by Crippen LogP contribution is -2.60. The first-order chi connectivity index (χ1) is 18.4. The van der Waals surface area contributed by atoms with E-state index >= 15 is 0 Å². The van der Waals surface area contributed by atoms with Crippen LogP contribution in [0.15, 0.2) is 73.1 Å². The number of fused-ring (bicyclic) bond motifs is 1.